The monoisotopic (exact) mass is 635 g/mol. The second-order valence-electron chi connectivity index (χ2n) is 9.70. The van der Waals surface area contributed by atoms with Crippen LogP contribution in [0.1, 0.15) is 5.56 Å². The molecule has 0 saturated carbocycles. The summed E-state index contributed by atoms with van der Waals surface area (Å²) in [5.74, 6) is -0.915. The van der Waals surface area contributed by atoms with Gasteiger partial charge in [0.2, 0.25) is 11.8 Å². The minimum absolute atomic E-state index is 0.0263. The number of carboxylic acid groups (broad SMARTS) is 1. The number of carbonyl (C=O) groups is 3. The van der Waals surface area contributed by atoms with Gasteiger partial charge < -0.3 is 20.1 Å². The van der Waals surface area contributed by atoms with Crippen LogP contribution in [0.5, 0.6) is 11.5 Å². The van der Waals surface area contributed by atoms with Gasteiger partial charge in [-0.3, -0.25) is 14.5 Å². The molecule has 1 fully saturated rings. The summed E-state index contributed by atoms with van der Waals surface area (Å²) in [5.41, 5.74) is 3.54. The van der Waals surface area contributed by atoms with Crippen LogP contribution in [0, 0.1) is 6.92 Å². The van der Waals surface area contributed by atoms with Crippen molar-refractivity contribution in [1.82, 2.24) is 34.4 Å². The largest absolute Gasteiger partial charge is 0.490 e. The van der Waals surface area contributed by atoms with Crippen LogP contribution in [-0.4, -0.2) is 83.2 Å². The Kier molecular flexibility index (Phi) is 8.74. The first-order chi connectivity index (χ1) is 21.9. The summed E-state index contributed by atoms with van der Waals surface area (Å²) in [5, 5.41) is 14.5. The van der Waals surface area contributed by atoms with E-state index in [1.165, 1.54) is 23.6 Å². The third kappa shape index (κ3) is 6.98. The van der Waals surface area contributed by atoms with Crippen molar-refractivity contribution >= 4 is 51.8 Å². The molecule has 46 heavy (non-hydrogen) atoms. The SMILES string of the molecule is C=CC(=O)N1CCN(c2ccc3ncnc(Nc4ccc(Oc5ccn6ncnc6c5)c(C)c4)c3n2)C(=O)C1.O=C(O)C(F)(F)F. The molecule has 1 aromatic carbocycles. The molecule has 5 heterocycles. The first kappa shape index (κ1) is 31.3. The summed E-state index contributed by atoms with van der Waals surface area (Å²) in [6.45, 7) is 6.14. The Bertz CT molecular complexity index is 1960. The fourth-order valence-corrected chi connectivity index (χ4v) is 4.37. The molecule has 14 nitrogen and oxygen atoms in total. The van der Waals surface area contributed by atoms with Gasteiger partial charge in [-0.15, -0.1) is 0 Å². The average molecular weight is 636 g/mol. The van der Waals surface area contributed by atoms with E-state index in [1.54, 1.807) is 27.7 Å². The first-order valence-corrected chi connectivity index (χ1v) is 13.4. The maximum atomic E-state index is 12.8. The van der Waals surface area contributed by atoms with Crippen LogP contribution in [0.25, 0.3) is 16.7 Å². The zero-order valence-electron chi connectivity index (χ0n) is 24.0. The molecule has 2 amide bonds. The molecule has 4 aromatic heterocycles. The number of nitrogens with zero attached hydrogens (tertiary/aromatic N) is 8. The standard InChI is InChI=1S/C27H23N9O3.C2HF3O2/c1-3-24(37)34-10-11-35(25(38)14-34)22-7-5-20-26(33-22)27(30-15-28-20)32-18-4-6-21(17(2)12-18)39-19-8-9-36-23(13-19)29-16-31-36;3-2(4,5)1(6)7/h3-9,12-13,15-16H,1,10-11,14H2,2H3,(H,28,30,32);(H,6,7). The van der Waals surface area contributed by atoms with E-state index in [9.17, 15) is 22.8 Å². The van der Waals surface area contributed by atoms with Crippen molar-refractivity contribution in [2.75, 3.05) is 29.9 Å². The number of carboxylic acids is 1. The van der Waals surface area contributed by atoms with Crippen LogP contribution in [0.3, 0.4) is 0 Å². The molecule has 0 radical (unpaired) electrons. The van der Waals surface area contributed by atoms with Crippen LogP contribution < -0.4 is 15.0 Å². The highest BCUT2D eigenvalue weighted by Gasteiger charge is 2.38. The minimum atomic E-state index is -5.08. The Balaban J connectivity index is 0.000000537. The number of fused-ring (bicyclic) bond motifs is 2. The molecule has 5 aromatic rings. The smallest absolute Gasteiger partial charge is 0.475 e. The normalized spacial score (nSPS) is 13.3. The van der Waals surface area contributed by atoms with Gasteiger partial charge in [0.25, 0.3) is 0 Å². The van der Waals surface area contributed by atoms with Gasteiger partial charge >= 0.3 is 12.1 Å². The first-order valence-electron chi connectivity index (χ1n) is 13.4. The van der Waals surface area contributed by atoms with Crippen molar-refractivity contribution < 1.29 is 37.4 Å². The van der Waals surface area contributed by atoms with Crippen molar-refractivity contribution in [2.45, 2.75) is 13.1 Å². The van der Waals surface area contributed by atoms with Gasteiger partial charge in [-0.25, -0.2) is 29.2 Å². The van der Waals surface area contributed by atoms with Gasteiger partial charge in [0.05, 0.1) is 5.52 Å². The molecular weight excluding hydrogens is 611 g/mol. The van der Waals surface area contributed by atoms with E-state index < -0.39 is 12.1 Å². The van der Waals surface area contributed by atoms with Crippen molar-refractivity contribution in [3.05, 3.63) is 79.5 Å². The van der Waals surface area contributed by atoms with Gasteiger partial charge in [-0.05, 0) is 55.0 Å². The van der Waals surface area contributed by atoms with Crippen LogP contribution in [0.4, 0.5) is 30.5 Å². The lowest BCUT2D eigenvalue weighted by Crippen LogP contribution is -2.52. The second kappa shape index (κ2) is 12.8. The quantitative estimate of drug-likeness (QED) is 0.260. The molecule has 6 rings (SSSR count). The van der Waals surface area contributed by atoms with Crippen LogP contribution in [-0.2, 0) is 14.4 Å². The summed E-state index contributed by atoms with van der Waals surface area (Å²) in [4.78, 5) is 54.2. The van der Waals surface area contributed by atoms with E-state index in [1.807, 2.05) is 37.3 Å². The number of halogens is 3. The molecule has 2 N–H and O–H groups in total. The van der Waals surface area contributed by atoms with Gasteiger partial charge in [0.1, 0.15) is 42.0 Å². The maximum Gasteiger partial charge on any atom is 0.490 e. The number of ether oxygens (including phenoxy) is 1. The molecule has 0 unspecified atom stereocenters. The number of pyridine rings is 2. The van der Waals surface area contributed by atoms with E-state index in [0.717, 1.165) is 11.3 Å². The highest BCUT2D eigenvalue weighted by atomic mass is 19.4. The number of benzene rings is 1. The molecular formula is C29H24F3N9O5. The third-order valence-electron chi connectivity index (χ3n) is 6.61. The number of carbonyl (C=O) groups excluding carboxylic acids is 2. The Morgan fingerprint density at radius 2 is 1.85 bits per heavy atom. The van der Waals surface area contributed by atoms with E-state index in [0.29, 0.717) is 52.9 Å². The Morgan fingerprint density at radius 1 is 1.07 bits per heavy atom. The molecule has 0 atom stereocenters. The predicted octanol–water partition coefficient (Wildman–Crippen LogP) is 3.91. The highest BCUT2D eigenvalue weighted by Crippen LogP contribution is 2.30. The summed E-state index contributed by atoms with van der Waals surface area (Å²) in [7, 11) is 0. The number of piperazine rings is 1. The van der Waals surface area contributed by atoms with Crippen molar-refractivity contribution in [1.29, 1.82) is 0 Å². The number of nitrogens with one attached hydrogen (secondary N) is 1. The summed E-state index contributed by atoms with van der Waals surface area (Å²) in [6.07, 6.45) is 0.870. The van der Waals surface area contributed by atoms with E-state index in [-0.39, 0.29) is 18.4 Å². The second-order valence-corrected chi connectivity index (χ2v) is 9.70. The molecule has 0 spiro atoms. The van der Waals surface area contributed by atoms with E-state index in [4.69, 9.17) is 19.6 Å². The maximum absolute atomic E-state index is 12.8. The molecule has 1 saturated heterocycles. The molecule has 0 aliphatic carbocycles. The van der Waals surface area contributed by atoms with Gasteiger partial charge in [0, 0.05) is 31.0 Å². The summed E-state index contributed by atoms with van der Waals surface area (Å²) >= 11 is 0. The van der Waals surface area contributed by atoms with Crippen LogP contribution >= 0.6 is 0 Å². The number of rotatable bonds is 6. The van der Waals surface area contributed by atoms with Crippen molar-refractivity contribution in [2.24, 2.45) is 0 Å². The van der Waals surface area contributed by atoms with E-state index in [2.05, 4.69) is 31.9 Å². The number of aryl methyl sites for hydroxylation is 1. The highest BCUT2D eigenvalue weighted by molar-refractivity contribution is 6.00. The number of aliphatic carboxylic acids is 1. The lowest BCUT2D eigenvalue weighted by atomic mass is 10.2. The fraction of sp³-hybridized carbons (Fsp3) is 0.172. The van der Waals surface area contributed by atoms with Crippen molar-refractivity contribution in [3.8, 4) is 11.5 Å². The summed E-state index contributed by atoms with van der Waals surface area (Å²) < 4.78 is 39.5. The van der Waals surface area contributed by atoms with Crippen LogP contribution in [0.2, 0.25) is 0 Å². The molecule has 17 heteroatoms. The Hall–Kier alpha value is -6.13. The number of anilines is 3. The molecule has 0 bridgehead atoms. The number of aromatic nitrogens is 6. The molecule has 1 aliphatic heterocycles. The Labute approximate surface area is 257 Å². The fourth-order valence-electron chi connectivity index (χ4n) is 4.37. The van der Waals surface area contributed by atoms with Gasteiger partial charge in [-0.1, -0.05) is 6.58 Å². The number of hydrogen-bond acceptors (Lipinski definition) is 10. The minimum Gasteiger partial charge on any atom is -0.475 e. The van der Waals surface area contributed by atoms with E-state index >= 15 is 0 Å². The van der Waals surface area contributed by atoms with Gasteiger partial charge in [0.15, 0.2) is 11.5 Å². The van der Waals surface area contributed by atoms with Gasteiger partial charge in [-0.2, -0.15) is 18.3 Å². The Morgan fingerprint density at radius 3 is 2.54 bits per heavy atom. The number of alkyl halides is 3. The number of hydrogen-bond donors (Lipinski definition) is 2. The molecule has 1 aliphatic rings. The summed E-state index contributed by atoms with van der Waals surface area (Å²) in [6, 6.07) is 12.9. The zero-order chi connectivity index (χ0) is 33.0. The zero-order valence-corrected chi connectivity index (χ0v) is 24.0. The number of amides is 2. The lowest BCUT2D eigenvalue weighted by Gasteiger charge is -2.33. The molecule has 236 valence electrons. The van der Waals surface area contributed by atoms with Crippen LogP contribution in [0.15, 0.2) is 74.0 Å². The third-order valence-corrected chi connectivity index (χ3v) is 6.61. The van der Waals surface area contributed by atoms with Crippen molar-refractivity contribution in [3.63, 3.8) is 0 Å². The predicted molar refractivity (Wildman–Crippen MR) is 158 cm³/mol. The lowest BCUT2D eigenvalue weighted by molar-refractivity contribution is -0.192. The average Bonchev–Trinajstić information content (AvgIpc) is 3.50. The topological polar surface area (TPSA) is 168 Å².